The molecule has 2 aromatic rings. The number of aliphatic hydroxyl groups is 1. The first-order chi connectivity index (χ1) is 16.0. The van der Waals surface area contributed by atoms with Crippen LogP contribution < -0.4 is 0 Å². The molecule has 1 N–H and O–H groups in total. The SMILES string of the molecule is C[N+]1(CCCc2cncnc2)CCC(OC(=O)C(O)(c2ccccc2)C2CCCCC2)CC1. The first-order valence-electron chi connectivity index (χ1n) is 12.6. The minimum absolute atomic E-state index is 0.0762. The molecule has 0 spiro atoms. The van der Waals surface area contributed by atoms with Crippen molar-refractivity contribution in [1.82, 2.24) is 9.97 Å². The van der Waals surface area contributed by atoms with Gasteiger partial charge in [0.1, 0.15) is 12.4 Å². The summed E-state index contributed by atoms with van der Waals surface area (Å²) < 4.78 is 7.01. The molecule has 178 valence electrons. The lowest BCUT2D eigenvalue weighted by atomic mass is 9.73. The third-order valence-corrected chi connectivity index (χ3v) is 7.75. The van der Waals surface area contributed by atoms with E-state index in [0.29, 0.717) is 5.56 Å². The third-order valence-electron chi connectivity index (χ3n) is 7.75. The zero-order valence-electron chi connectivity index (χ0n) is 19.9. The molecule has 2 heterocycles. The molecule has 6 heteroatoms. The number of hydrogen-bond donors (Lipinski definition) is 1. The molecule has 0 bridgehead atoms. The number of aryl methyl sites for hydroxylation is 1. The van der Waals surface area contributed by atoms with Crippen LogP contribution in [-0.4, -0.2) is 58.3 Å². The minimum atomic E-state index is -1.55. The van der Waals surface area contributed by atoms with Gasteiger partial charge in [0.2, 0.25) is 0 Å². The van der Waals surface area contributed by atoms with Crippen LogP contribution in [0.5, 0.6) is 0 Å². The number of esters is 1. The quantitative estimate of drug-likeness (QED) is 0.484. The Morgan fingerprint density at radius 3 is 2.39 bits per heavy atom. The summed E-state index contributed by atoms with van der Waals surface area (Å²) >= 11 is 0. The molecular formula is C27H38N3O3+. The van der Waals surface area contributed by atoms with E-state index in [0.717, 1.165) is 75.5 Å². The fraction of sp³-hybridized carbons (Fsp3) is 0.593. The lowest BCUT2D eigenvalue weighted by Crippen LogP contribution is -2.53. The minimum Gasteiger partial charge on any atom is -0.460 e. The number of nitrogens with zero attached hydrogens (tertiary/aromatic N) is 3. The van der Waals surface area contributed by atoms with Gasteiger partial charge < -0.3 is 14.3 Å². The van der Waals surface area contributed by atoms with E-state index >= 15 is 0 Å². The number of benzene rings is 1. The normalized spacial score (nSPS) is 25.8. The average molecular weight is 453 g/mol. The lowest BCUT2D eigenvalue weighted by molar-refractivity contribution is -0.915. The molecule has 1 aromatic carbocycles. The molecule has 1 atom stereocenters. The van der Waals surface area contributed by atoms with Gasteiger partial charge in [0.05, 0.1) is 26.7 Å². The van der Waals surface area contributed by atoms with Gasteiger partial charge in [-0.2, -0.15) is 0 Å². The number of aromatic nitrogens is 2. The maximum atomic E-state index is 13.4. The molecule has 1 saturated carbocycles. The molecule has 1 aromatic heterocycles. The van der Waals surface area contributed by atoms with Gasteiger partial charge >= 0.3 is 5.97 Å². The molecule has 1 aliphatic heterocycles. The van der Waals surface area contributed by atoms with Gasteiger partial charge in [-0.3, -0.25) is 0 Å². The Morgan fingerprint density at radius 1 is 1.06 bits per heavy atom. The maximum Gasteiger partial charge on any atom is 0.343 e. The van der Waals surface area contributed by atoms with Gasteiger partial charge in [0, 0.05) is 37.6 Å². The number of rotatable bonds is 8. The number of likely N-dealkylation sites (tertiary alicyclic amines) is 1. The summed E-state index contributed by atoms with van der Waals surface area (Å²) in [7, 11) is 2.29. The fourth-order valence-electron chi connectivity index (χ4n) is 5.61. The van der Waals surface area contributed by atoms with Gasteiger partial charge in [-0.05, 0) is 30.4 Å². The smallest absolute Gasteiger partial charge is 0.343 e. The van der Waals surface area contributed by atoms with Crippen molar-refractivity contribution in [1.29, 1.82) is 0 Å². The third kappa shape index (κ3) is 5.79. The second-order valence-corrected chi connectivity index (χ2v) is 10.2. The van der Waals surface area contributed by atoms with Gasteiger partial charge in [-0.1, -0.05) is 49.6 Å². The van der Waals surface area contributed by atoms with Crippen LogP contribution in [0.4, 0.5) is 0 Å². The van der Waals surface area contributed by atoms with Crippen LogP contribution in [0.3, 0.4) is 0 Å². The monoisotopic (exact) mass is 452 g/mol. The van der Waals surface area contributed by atoms with Crippen molar-refractivity contribution in [2.45, 2.75) is 69.5 Å². The zero-order valence-corrected chi connectivity index (χ0v) is 19.9. The molecular weight excluding hydrogens is 414 g/mol. The van der Waals surface area contributed by atoms with Gasteiger partial charge in [-0.25, -0.2) is 14.8 Å². The van der Waals surface area contributed by atoms with E-state index < -0.39 is 11.6 Å². The molecule has 0 radical (unpaired) electrons. The summed E-state index contributed by atoms with van der Waals surface area (Å²) in [6.45, 7) is 3.05. The number of quaternary nitrogens is 1. The van der Waals surface area contributed by atoms with Crippen molar-refractivity contribution in [3.05, 3.63) is 60.2 Å². The predicted molar refractivity (Wildman–Crippen MR) is 127 cm³/mol. The Morgan fingerprint density at radius 2 is 1.73 bits per heavy atom. The summed E-state index contributed by atoms with van der Waals surface area (Å²) in [5.41, 5.74) is 0.300. The van der Waals surface area contributed by atoms with E-state index in [9.17, 15) is 9.90 Å². The van der Waals surface area contributed by atoms with Gasteiger partial charge in [-0.15, -0.1) is 0 Å². The van der Waals surface area contributed by atoms with Crippen LogP contribution in [0.15, 0.2) is 49.1 Å². The summed E-state index contributed by atoms with van der Waals surface area (Å²) in [5.74, 6) is -0.529. The van der Waals surface area contributed by atoms with Crippen molar-refractivity contribution in [3.63, 3.8) is 0 Å². The van der Waals surface area contributed by atoms with Crippen LogP contribution in [0.25, 0.3) is 0 Å². The second-order valence-electron chi connectivity index (χ2n) is 10.2. The summed E-state index contributed by atoms with van der Waals surface area (Å²) in [4.78, 5) is 21.6. The van der Waals surface area contributed by atoms with Crippen LogP contribution in [-0.2, 0) is 21.6 Å². The first-order valence-corrected chi connectivity index (χ1v) is 12.6. The Bertz CT molecular complexity index is 878. The van der Waals surface area contributed by atoms with E-state index in [4.69, 9.17) is 4.74 Å². The van der Waals surface area contributed by atoms with E-state index in [1.54, 1.807) is 6.33 Å². The van der Waals surface area contributed by atoms with E-state index in [1.165, 1.54) is 12.0 Å². The number of carbonyl (C=O) groups is 1. The molecule has 2 fully saturated rings. The molecule has 1 unspecified atom stereocenters. The molecule has 6 nitrogen and oxygen atoms in total. The van der Waals surface area contributed by atoms with E-state index in [1.807, 2.05) is 42.7 Å². The van der Waals surface area contributed by atoms with Crippen LogP contribution >= 0.6 is 0 Å². The van der Waals surface area contributed by atoms with Crippen molar-refractivity contribution in [2.24, 2.45) is 5.92 Å². The summed E-state index contributed by atoms with van der Waals surface area (Å²) in [5, 5.41) is 11.7. The van der Waals surface area contributed by atoms with Crippen molar-refractivity contribution in [2.75, 3.05) is 26.7 Å². The first kappa shape index (κ1) is 23.8. The summed E-state index contributed by atoms with van der Waals surface area (Å²) in [6, 6.07) is 9.43. The Balaban J connectivity index is 1.34. The standard InChI is InChI=1S/C27H38N3O3/c1-30(16-8-9-22-19-28-21-29-20-22)17-14-25(15-18-30)33-26(31)27(32,23-10-4-2-5-11-23)24-12-6-3-7-13-24/h2,4-5,10-11,19-21,24-25,32H,3,6-9,12-18H2,1H3/q+1. The topological polar surface area (TPSA) is 72.3 Å². The molecule has 1 saturated heterocycles. The Kier molecular flexibility index (Phi) is 7.76. The highest BCUT2D eigenvalue weighted by atomic mass is 16.6. The molecule has 33 heavy (non-hydrogen) atoms. The number of piperidine rings is 1. The highest BCUT2D eigenvalue weighted by Crippen LogP contribution is 2.41. The predicted octanol–water partition coefficient (Wildman–Crippen LogP) is 4.03. The number of carbonyl (C=O) groups excluding carboxylic acids is 1. The fourth-order valence-corrected chi connectivity index (χ4v) is 5.61. The van der Waals surface area contributed by atoms with Gasteiger partial charge in [0.25, 0.3) is 0 Å². The zero-order chi connectivity index (χ0) is 23.2. The van der Waals surface area contributed by atoms with Crippen LogP contribution in [0.1, 0.15) is 62.5 Å². The highest BCUT2D eigenvalue weighted by molar-refractivity contribution is 5.81. The highest BCUT2D eigenvalue weighted by Gasteiger charge is 2.48. The molecule has 0 amide bonds. The van der Waals surface area contributed by atoms with Crippen LogP contribution in [0.2, 0.25) is 0 Å². The van der Waals surface area contributed by atoms with E-state index in [2.05, 4.69) is 17.0 Å². The molecule has 1 aliphatic carbocycles. The van der Waals surface area contributed by atoms with Gasteiger partial charge in [0.15, 0.2) is 5.60 Å². The Labute approximate surface area is 197 Å². The largest absolute Gasteiger partial charge is 0.460 e. The Hall–Kier alpha value is -2.31. The summed E-state index contributed by atoms with van der Waals surface area (Å²) in [6.07, 6.45) is 14.0. The van der Waals surface area contributed by atoms with Crippen molar-refractivity contribution in [3.8, 4) is 0 Å². The van der Waals surface area contributed by atoms with Crippen LogP contribution in [0, 0.1) is 5.92 Å². The average Bonchev–Trinajstić information content (AvgIpc) is 2.87. The maximum absolute atomic E-state index is 13.4. The number of hydrogen-bond acceptors (Lipinski definition) is 5. The molecule has 2 aliphatic rings. The van der Waals surface area contributed by atoms with Crippen molar-refractivity contribution < 1.29 is 19.1 Å². The molecule has 4 rings (SSSR count). The lowest BCUT2D eigenvalue weighted by Gasteiger charge is -2.42. The second kappa shape index (κ2) is 10.7. The van der Waals surface area contributed by atoms with Crippen molar-refractivity contribution >= 4 is 5.97 Å². The van der Waals surface area contributed by atoms with E-state index in [-0.39, 0.29) is 12.0 Å². The number of ether oxygens (including phenoxy) is 1.